The minimum Gasteiger partial charge on any atom is -0.441 e. The molecule has 0 aliphatic carbocycles. The topological polar surface area (TPSA) is 67.6 Å². The Bertz CT molecular complexity index is 640. The van der Waals surface area contributed by atoms with Gasteiger partial charge >= 0.3 is 0 Å². The maximum absolute atomic E-state index is 11.9. The van der Waals surface area contributed by atoms with Crippen molar-refractivity contribution < 1.29 is 13.9 Å². The van der Waals surface area contributed by atoms with Gasteiger partial charge in [0.2, 0.25) is 11.8 Å². The number of likely N-dealkylation sites (N-methyl/N-ethyl adjacent to an activating group) is 1. The van der Waals surface area contributed by atoms with E-state index in [0.29, 0.717) is 32.1 Å². The average molecular weight is 331 g/mol. The summed E-state index contributed by atoms with van der Waals surface area (Å²) in [7, 11) is 3.55. The van der Waals surface area contributed by atoms with Gasteiger partial charge in [-0.2, -0.15) is 0 Å². The summed E-state index contributed by atoms with van der Waals surface area (Å²) in [6.07, 6.45) is 0.814. The Morgan fingerprint density at radius 3 is 2.79 bits per heavy atom. The van der Waals surface area contributed by atoms with Crippen molar-refractivity contribution in [1.29, 1.82) is 0 Å². The minimum atomic E-state index is -0.00182. The Morgan fingerprint density at radius 1 is 1.33 bits per heavy atom. The number of rotatable bonds is 9. The fraction of sp³-hybridized carbons (Fsp3) is 0.444. The summed E-state index contributed by atoms with van der Waals surface area (Å²) in [5.74, 6) is 1.39. The van der Waals surface area contributed by atoms with E-state index in [0.717, 1.165) is 23.4 Å². The van der Waals surface area contributed by atoms with Crippen molar-refractivity contribution in [3.63, 3.8) is 0 Å². The fourth-order valence-electron chi connectivity index (χ4n) is 2.34. The maximum Gasteiger partial charge on any atom is 0.234 e. The number of benzene rings is 1. The number of aromatic nitrogens is 1. The molecule has 130 valence electrons. The minimum absolute atomic E-state index is 0.00182. The smallest absolute Gasteiger partial charge is 0.234 e. The molecule has 24 heavy (non-hydrogen) atoms. The molecule has 2 aromatic rings. The van der Waals surface area contributed by atoms with E-state index >= 15 is 0 Å². The summed E-state index contributed by atoms with van der Waals surface area (Å²) in [5.41, 5.74) is 1.80. The lowest BCUT2D eigenvalue weighted by atomic mass is 10.2. The van der Waals surface area contributed by atoms with Crippen LogP contribution in [0, 0.1) is 6.92 Å². The largest absolute Gasteiger partial charge is 0.441 e. The lowest BCUT2D eigenvalue weighted by molar-refractivity contribution is -0.122. The molecule has 1 amide bonds. The summed E-state index contributed by atoms with van der Waals surface area (Å²) in [6.45, 7) is 4.05. The maximum atomic E-state index is 11.9. The third-order valence-corrected chi connectivity index (χ3v) is 3.59. The second-order valence-corrected chi connectivity index (χ2v) is 5.76. The molecule has 0 spiro atoms. The number of carbonyl (C=O) groups excluding carboxylic acids is 1. The summed E-state index contributed by atoms with van der Waals surface area (Å²) in [4.78, 5) is 18.4. The lowest BCUT2D eigenvalue weighted by Crippen LogP contribution is -2.35. The molecule has 0 saturated heterocycles. The van der Waals surface area contributed by atoms with Crippen LogP contribution in [0.3, 0.4) is 0 Å². The lowest BCUT2D eigenvalue weighted by Gasteiger charge is -2.15. The molecule has 6 nitrogen and oxygen atoms in total. The first-order chi connectivity index (χ1) is 11.6. The zero-order valence-electron chi connectivity index (χ0n) is 14.5. The number of oxazole rings is 1. The molecular formula is C18H25N3O3. The van der Waals surface area contributed by atoms with Gasteiger partial charge in [-0.25, -0.2) is 4.98 Å². The molecule has 0 aliphatic heterocycles. The van der Waals surface area contributed by atoms with Crippen molar-refractivity contribution in [2.24, 2.45) is 0 Å². The molecule has 0 aliphatic rings. The summed E-state index contributed by atoms with van der Waals surface area (Å²) in [6, 6.07) is 9.79. The normalized spacial score (nSPS) is 11.0. The van der Waals surface area contributed by atoms with E-state index in [4.69, 9.17) is 9.15 Å². The highest BCUT2D eigenvalue weighted by molar-refractivity contribution is 5.77. The Morgan fingerprint density at radius 2 is 2.08 bits per heavy atom. The molecule has 1 heterocycles. The van der Waals surface area contributed by atoms with E-state index in [1.54, 1.807) is 7.11 Å². The first-order valence-electron chi connectivity index (χ1n) is 8.06. The van der Waals surface area contributed by atoms with Crippen LogP contribution in [0.2, 0.25) is 0 Å². The molecule has 0 bridgehead atoms. The number of hydrogen-bond acceptors (Lipinski definition) is 5. The SMILES string of the molecule is COCCCNC(=O)CN(C)Cc1nc(-c2ccccc2)oc1C. The van der Waals surface area contributed by atoms with E-state index in [9.17, 15) is 4.79 Å². The van der Waals surface area contributed by atoms with E-state index < -0.39 is 0 Å². The van der Waals surface area contributed by atoms with Crippen molar-refractivity contribution in [3.05, 3.63) is 41.8 Å². The third-order valence-electron chi connectivity index (χ3n) is 3.59. The van der Waals surface area contributed by atoms with Gasteiger partial charge in [-0.15, -0.1) is 0 Å². The van der Waals surface area contributed by atoms with Crippen LogP contribution in [-0.2, 0) is 16.1 Å². The number of aryl methyl sites for hydroxylation is 1. The highest BCUT2D eigenvalue weighted by Crippen LogP contribution is 2.21. The van der Waals surface area contributed by atoms with Gasteiger partial charge in [0.25, 0.3) is 0 Å². The van der Waals surface area contributed by atoms with Crippen LogP contribution in [0.15, 0.2) is 34.7 Å². The highest BCUT2D eigenvalue weighted by atomic mass is 16.5. The highest BCUT2D eigenvalue weighted by Gasteiger charge is 2.14. The van der Waals surface area contributed by atoms with Crippen LogP contribution in [0.5, 0.6) is 0 Å². The van der Waals surface area contributed by atoms with Gasteiger partial charge in [-0.1, -0.05) is 18.2 Å². The van der Waals surface area contributed by atoms with E-state index in [2.05, 4.69) is 10.3 Å². The summed E-state index contributed by atoms with van der Waals surface area (Å²) < 4.78 is 10.7. The predicted octanol–water partition coefficient (Wildman–Crippen LogP) is 2.23. The van der Waals surface area contributed by atoms with Gasteiger partial charge in [-0.3, -0.25) is 9.69 Å². The number of nitrogens with zero attached hydrogens (tertiary/aromatic N) is 2. The van der Waals surface area contributed by atoms with E-state index in [1.807, 2.05) is 49.2 Å². The predicted molar refractivity (Wildman–Crippen MR) is 92.5 cm³/mol. The number of amides is 1. The van der Waals surface area contributed by atoms with Gasteiger partial charge in [-0.05, 0) is 32.5 Å². The molecule has 0 atom stereocenters. The molecule has 0 saturated carbocycles. The van der Waals surface area contributed by atoms with Crippen molar-refractivity contribution >= 4 is 5.91 Å². The van der Waals surface area contributed by atoms with Gasteiger partial charge in [0.15, 0.2) is 0 Å². The molecule has 0 radical (unpaired) electrons. The van der Waals surface area contributed by atoms with Crippen molar-refractivity contribution in [2.75, 3.05) is 33.9 Å². The van der Waals surface area contributed by atoms with Crippen LogP contribution in [0.4, 0.5) is 0 Å². The number of carbonyl (C=O) groups is 1. The second-order valence-electron chi connectivity index (χ2n) is 5.76. The van der Waals surface area contributed by atoms with Crippen molar-refractivity contribution in [1.82, 2.24) is 15.2 Å². The average Bonchev–Trinajstić information content (AvgIpc) is 2.93. The van der Waals surface area contributed by atoms with Crippen LogP contribution in [-0.4, -0.2) is 49.6 Å². The van der Waals surface area contributed by atoms with Gasteiger partial charge < -0.3 is 14.5 Å². The Hall–Kier alpha value is -2.18. The van der Waals surface area contributed by atoms with Crippen LogP contribution >= 0.6 is 0 Å². The van der Waals surface area contributed by atoms with Crippen molar-refractivity contribution in [3.8, 4) is 11.5 Å². The van der Waals surface area contributed by atoms with E-state index in [-0.39, 0.29) is 5.91 Å². The Balaban J connectivity index is 1.87. The number of nitrogens with one attached hydrogen (secondary N) is 1. The molecule has 0 fully saturated rings. The molecular weight excluding hydrogens is 306 g/mol. The molecule has 1 aromatic carbocycles. The first-order valence-corrected chi connectivity index (χ1v) is 8.06. The van der Waals surface area contributed by atoms with Gasteiger partial charge in [0.1, 0.15) is 5.76 Å². The standard InChI is InChI=1S/C18H25N3O3/c1-14-16(20-18(24-14)15-8-5-4-6-9-15)12-21(2)13-17(22)19-10-7-11-23-3/h4-6,8-9H,7,10-13H2,1-3H3,(H,19,22). The molecule has 2 rings (SSSR count). The van der Waals surface area contributed by atoms with E-state index in [1.165, 1.54) is 0 Å². The quantitative estimate of drug-likeness (QED) is 0.714. The zero-order chi connectivity index (χ0) is 17.4. The van der Waals surface area contributed by atoms with Crippen LogP contribution in [0.25, 0.3) is 11.5 Å². The van der Waals surface area contributed by atoms with Gasteiger partial charge in [0.05, 0.1) is 12.2 Å². The monoisotopic (exact) mass is 331 g/mol. The van der Waals surface area contributed by atoms with Crippen LogP contribution < -0.4 is 5.32 Å². The Kier molecular flexibility index (Phi) is 6.96. The molecule has 6 heteroatoms. The Labute approximate surface area is 142 Å². The molecule has 1 N–H and O–H groups in total. The zero-order valence-corrected chi connectivity index (χ0v) is 14.5. The van der Waals surface area contributed by atoms with Gasteiger partial charge in [0, 0.05) is 32.4 Å². The number of hydrogen-bond donors (Lipinski definition) is 1. The number of methoxy groups -OCH3 is 1. The van der Waals surface area contributed by atoms with Crippen LogP contribution in [0.1, 0.15) is 17.9 Å². The third kappa shape index (κ3) is 5.47. The first kappa shape index (κ1) is 18.2. The molecule has 1 aromatic heterocycles. The van der Waals surface area contributed by atoms with Crippen molar-refractivity contribution in [2.45, 2.75) is 19.9 Å². The fourth-order valence-corrected chi connectivity index (χ4v) is 2.34. The number of ether oxygens (including phenoxy) is 1. The summed E-state index contributed by atoms with van der Waals surface area (Å²) >= 11 is 0. The second kappa shape index (κ2) is 9.20. The molecule has 0 unspecified atom stereocenters. The summed E-state index contributed by atoms with van der Waals surface area (Å²) in [5, 5.41) is 2.88.